The highest BCUT2D eigenvalue weighted by molar-refractivity contribution is 5.94. The first kappa shape index (κ1) is 23.1. The quantitative estimate of drug-likeness (QED) is 0.558. The molecule has 8 nitrogen and oxygen atoms in total. The van der Waals surface area contributed by atoms with E-state index in [9.17, 15) is 23.2 Å². The maximum atomic E-state index is 13.2. The van der Waals surface area contributed by atoms with Crippen molar-refractivity contribution in [2.24, 2.45) is 11.8 Å². The van der Waals surface area contributed by atoms with Crippen molar-refractivity contribution < 1.29 is 18.0 Å². The van der Waals surface area contributed by atoms with E-state index in [4.69, 9.17) is 0 Å². The Kier molecular flexibility index (Phi) is 5.83. The molecule has 35 heavy (non-hydrogen) atoms. The SMILES string of the molecule is CC(Nc1ncc(C#N)c(-c2c[nH]c3ncc(C(F)(F)F)cc23)n1)C1CCN(C(=O)C2CC2)CC1. The average Bonchev–Trinajstić information content (AvgIpc) is 3.62. The van der Waals surface area contributed by atoms with E-state index in [1.165, 1.54) is 12.4 Å². The highest BCUT2D eigenvalue weighted by atomic mass is 19.4. The Balaban J connectivity index is 1.36. The molecule has 0 spiro atoms. The number of halogens is 3. The van der Waals surface area contributed by atoms with Crippen molar-refractivity contribution in [2.75, 3.05) is 18.4 Å². The van der Waals surface area contributed by atoms with Crippen LogP contribution in [0.2, 0.25) is 0 Å². The summed E-state index contributed by atoms with van der Waals surface area (Å²) in [6, 6.07) is 3.03. The predicted octanol–water partition coefficient (Wildman–Crippen LogP) is 4.36. The summed E-state index contributed by atoms with van der Waals surface area (Å²) in [6.07, 6.45) is 2.83. The Morgan fingerprint density at radius 1 is 1.23 bits per heavy atom. The molecule has 11 heteroatoms. The van der Waals surface area contributed by atoms with E-state index in [1.807, 2.05) is 17.9 Å². The van der Waals surface area contributed by atoms with Crippen LogP contribution in [0.5, 0.6) is 0 Å². The molecule has 4 heterocycles. The van der Waals surface area contributed by atoms with Crippen molar-refractivity contribution >= 4 is 22.9 Å². The van der Waals surface area contributed by atoms with Gasteiger partial charge >= 0.3 is 6.18 Å². The van der Waals surface area contributed by atoms with Crippen LogP contribution in [0.3, 0.4) is 0 Å². The van der Waals surface area contributed by atoms with Crippen LogP contribution >= 0.6 is 0 Å². The number of piperidine rings is 1. The number of aromatic nitrogens is 4. The van der Waals surface area contributed by atoms with Gasteiger partial charge in [0.1, 0.15) is 11.7 Å². The molecular weight excluding hydrogens is 459 g/mol. The van der Waals surface area contributed by atoms with Gasteiger partial charge in [-0.2, -0.15) is 18.4 Å². The zero-order valence-electron chi connectivity index (χ0n) is 19.1. The molecule has 1 aliphatic carbocycles. The predicted molar refractivity (Wildman–Crippen MR) is 122 cm³/mol. The topological polar surface area (TPSA) is 111 Å². The van der Waals surface area contributed by atoms with Crippen molar-refractivity contribution in [2.45, 2.75) is 44.8 Å². The van der Waals surface area contributed by atoms with Crippen LogP contribution in [0.1, 0.15) is 43.7 Å². The van der Waals surface area contributed by atoms with E-state index in [1.54, 1.807) is 0 Å². The Labute approximate surface area is 199 Å². The van der Waals surface area contributed by atoms with Crippen molar-refractivity contribution in [3.8, 4) is 17.3 Å². The molecule has 1 saturated carbocycles. The number of anilines is 1. The van der Waals surface area contributed by atoms with Gasteiger partial charge in [0.15, 0.2) is 0 Å². The van der Waals surface area contributed by atoms with Gasteiger partial charge in [0.25, 0.3) is 0 Å². The number of likely N-dealkylation sites (tertiary alicyclic amines) is 1. The number of alkyl halides is 3. The first-order valence-electron chi connectivity index (χ1n) is 11.6. The summed E-state index contributed by atoms with van der Waals surface area (Å²) < 4.78 is 39.7. The third kappa shape index (κ3) is 4.65. The Bertz CT molecular complexity index is 1300. The second-order valence-corrected chi connectivity index (χ2v) is 9.26. The van der Waals surface area contributed by atoms with Crippen molar-refractivity contribution in [3.63, 3.8) is 0 Å². The van der Waals surface area contributed by atoms with Gasteiger partial charge in [-0.15, -0.1) is 0 Å². The summed E-state index contributed by atoms with van der Waals surface area (Å²) >= 11 is 0. The molecule has 1 unspecified atom stereocenters. The highest BCUT2D eigenvalue weighted by Gasteiger charge is 2.36. The third-order valence-corrected chi connectivity index (χ3v) is 6.86. The number of nitrogens with zero attached hydrogens (tertiary/aromatic N) is 5. The number of carbonyl (C=O) groups excluding carboxylic acids is 1. The molecule has 0 aromatic carbocycles. The Hall–Kier alpha value is -3.68. The summed E-state index contributed by atoms with van der Waals surface area (Å²) in [5.41, 5.74) is 0.116. The molecule has 2 N–H and O–H groups in total. The number of nitriles is 1. The smallest absolute Gasteiger partial charge is 0.351 e. The van der Waals surface area contributed by atoms with Crippen LogP contribution < -0.4 is 5.32 Å². The van der Waals surface area contributed by atoms with Crippen LogP contribution in [-0.4, -0.2) is 49.9 Å². The summed E-state index contributed by atoms with van der Waals surface area (Å²) in [5, 5.41) is 13.1. The fourth-order valence-electron chi connectivity index (χ4n) is 4.62. The third-order valence-electron chi connectivity index (χ3n) is 6.86. The monoisotopic (exact) mass is 483 g/mol. The fourth-order valence-corrected chi connectivity index (χ4v) is 4.62. The molecule has 3 aromatic heterocycles. The lowest BCUT2D eigenvalue weighted by atomic mass is 9.90. The number of fused-ring (bicyclic) bond motifs is 1. The summed E-state index contributed by atoms with van der Waals surface area (Å²) in [7, 11) is 0. The zero-order valence-corrected chi connectivity index (χ0v) is 19.1. The number of H-pyrrole nitrogens is 1. The summed E-state index contributed by atoms with van der Waals surface area (Å²) in [5.74, 6) is 1.09. The minimum atomic E-state index is -4.54. The minimum Gasteiger partial charge on any atom is -0.351 e. The molecular formula is C24H24F3N7O. The van der Waals surface area contributed by atoms with E-state index >= 15 is 0 Å². The number of rotatable bonds is 5. The van der Waals surface area contributed by atoms with Gasteiger partial charge in [-0.3, -0.25) is 4.79 Å². The average molecular weight is 483 g/mol. The van der Waals surface area contributed by atoms with Crippen LogP contribution in [0.25, 0.3) is 22.3 Å². The maximum absolute atomic E-state index is 13.2. The van der Waals surface area contributed by atoms with Gasteiger partial charge in [-0.25, -0.2) is 15.0 Å². The molecule has 2 fully saturated rings. The molecule has 5 rings (SSSR count). The molecule has 1 atom stereocenters. The number of carbonyl (C=O) groups is 1. The number of nitrogens with one attached hydrogen (secondary N) is 2. The van der Waals surface area contributed by atoms with Gasteiger partial charge < -0.3 is 15.2 Å². The molecule has 182 valence electrons. The van der Waals surface area contributed by atoms with E-state index in [0.717, 1.165) is 51.0 Å². The maximum Gasteiger partial charge on any atom is 0.417 e. The molecule has 1 aliphatic heterocycles. The van der Waals surface area contributed by atoms with E-state index in [2.05, 4.69) is 25.3 Å². The normalized spacial score (nSPS) is 17.9. The van der Waals surface area contributed by atoms with Gasteiger partial charge in [0, 0.05) is 48.4 Å². The highest BCUT2D eigenvalue weighted by Crippen LogP contribution is 2.35. The fraction of sp³-hybridized carbons (Fsp3) is 0.458. The van der Waals surface area contributed by atoms with Gasteiger partial charge in [-0.1, -0.05) is 0 Å². The van der Waals surface area contributed by atoms with Crippen LogP contribution in [0.15, 0.2) is 24.7 Å². The first-order chi connectivity index (χ1) is 16.7. The Morgan fingerprint density at radius 2 is 1.97 bits per heavy atom. The van der Waals surface area contributed by atoms with Crippen LogP contribution in [0, 0.1) is 23.2 Å². The standard InChI is InChI=1S/C24H24F3N7O/c1-13(14-4-6-34(7-5-14)22(35)15-2-3-15)32-23-31-10-16(9-28)20(33-23)19-12-30-21-18(19)8-17(11-29-21)24(25,26)27/h8,10-15H,2-7H2,1H3,(H,29,30)(H,31,32,33). The number of aromatic amines is 1. The second-order valence-electron chi connectivity index (χ2n) is 9.26. The molecule has 0 radical (unpaired) electrons. The lowest BCUT2D eigenvalue weighted by Gasteiger charge is -2.35. The summed E-state index contributed by atoms with van der Waals surface area (Å²) in [6.45, 7) is 3.49. The Morgan fingerprint density at radius 3 is 2.63 bits per heavy atom. The number of amides is 1. The zero-order chi connectivity index (χ0) is 24.7. The molecule has 3 aromatic rings. The number of hydrogen-bond acceptors (Lipinski definition) is 6. The van der Waals surface area contributed by atoms with Crippen molar-refractivity contribution in [1.82, 2.24) is 24.8 Å². The van der Waals surface area contributed by atoms with Crippen LogP contribution in [0.4, 0.5) is 19.1 Å². The van der Waals surface area contributed by atoms with Gasteiger partial charge in [-0.05, 0) is 44.6 Å². The lowest BCUT2D eigenvalue weighted by Crippen LogP contribution is -2.43. The van der Waals surface area contributed by atoms with E-state index < -0.39 is 11.7 Å². The van der Waals surface area contributed by atoms with Crippen molar-refractivity contribution in [1.29, 1.82) is 5.26 Å². The summed E-state index contributed by atoms with van der Waals surface area (Å²) in [4.78, 5) is 29.7. The van der Waals surface area contributed by atoms with E-state index in [-0.39, 0.29) is 46.1 Å². The van der Waals surface area contributed by atoms with E-state index in [0.29, 0.717) is 11.5 Å². The number of hydrogen-bond donors (Lipinski definition) is 2. The molecule has 0 bridgehead atoms. The van der Waals surface area contributed by atoms with Crippen LogP contribution in [-0.2, 0) is 11.0 Å². The van der Waals surface area contributed by atoms with Gasteiger partial charge in [0.2, 0.25) is 11.9 Å². The van der Waals surface area contributed by atoms with Gasteiger partial charge in [0.05, 0.1) is 23.0 Å². The lowest BCUT2D eigenvalue weighted by molar-refractivity contribution is -0.137. The molecule has 2 aliphatic rings. The molecule has 1 saturated heterocycles. The van der Waals surface area contributed by atoms with Crippen molar-refractivity contribution in [3.05, 3.63) is 35.8 Å². The first-order valence-corrected chi connectivity index (χ1v) is 11.6. The molecule has 1 amide bonds. The minimum absolute atomic E-state index is 0.00966. The largest absolute Gasteiger partial charge is 0.417 e. The number of pyridine rings is 1. The second kappa shape index (κ2) is 8.83.